The van der Waals surface area contributed by atoms with Gasteiger partial charge < -0.3 is 36.0 Å². The number of benzene rings is 2. The number of carbonyl (C=O) groups is 1. The van der Waals surface area contributed by atoms with Gasteiger partial charge in [-0.15, -0.1) is 0 Å². The minimum atomic E-state index is -4.84. The molecular weight excluding hydrogens is 594 g/mol. The Labute approximate surface area is 242 Å². The zero-order chi connectivity index (χ0) is 31.4. The van der Waals surface area contributed by atoms with Crippen LogP contribution < -0.4 is 16.0 Å². The summed E-state index contributed by atoms with van der Waals surface area (Å²) in [5, 5.41) is 30.6. The number of alkyl halides is 3. The van der Waals surface area contributed by atoms with Crippen LogP contribution in [0.1, 0.15) is 21.5 Å². The molecule has 13 nitrogen and oxygen atoms in total. The molecule has 0 aliphatic rings. The lowest BCUT2D eigenvalue weighted by Gasteiger charge is -2.17. The maximum atomic E-state index is 13.9. The summed E-state index contributed by atoms with van der Waals surface area (Å²) in [4.78, 5) is 38.8. The Balaban J connectivity index is 1.65. The molecule has 228 valence electrons. The summed E-state index contributed by atoms with van der Waals surface area (Å²) in [5.41, 5.74) is 0.603. The first-order valence-electron chi connectivity index (χ1n) is 12.6. The number of nitrogens with zero attached hydrogens (tertiary/aromatic N) is 4. The number of rotatable bonds is 11. The Morgan fingerprint density at radius 3 is 2.42 bits per heavy atom. The molecule has 2 aromatic carbocycles. The lowest BCUT2D eigenvalue weighted by molar-refractivity contribution is -0.137. The number of hydrogen-bond acceptors (Lipinski definition) is 9. The summed E-state index contributed by atoms with van der Waals surface area (Å²) in [6.45, 7) is -0.428. The molecule has 2 heterocycles. The SMILES string of the molecule is CNC(=O)c1cc(-c2cnn(C[C@H](O)CO)c2)ccc1Nc1nc(Nc2ccc(CP(=O)(O)O)cc2)ncc1C(F)(F)F. The van der Waals surface area contributed by atoms with E-state index in [-0.39, 0.29) is 23.7 Å². The minimum absolute atomic E-state index is 0.00466. The van der Waals surface area contributed by atoms with Crippen LogP contribution in [0.5, 0.6) is 0 Å². The third kappa shape index (κ3) is 8.37. The number of amides is 1. The van der Waals surface area contributed by atoms with Crippen LogP contribution in [0, 0.1) is 0 Å². The molecule has 0 spiro atoms. The van der Waals surface area contributed by atoms with Crippen molar-refractivity contribution in [3.05, 3.63) is 77.7 Å². The fourth-order valence-corrected chi connectivity index (χ4v) is 4.66. The van der Waals surface area contributed by atoms with E-state index in [2.05, 4.69) is 31.0 Å². The van der Waals surface area contributed by atoms with Crippen molar-refractivity contribution in [3.8, 4) is 11.1 Å². The van der Waals surface area contributed by atoms with Crippen LogP contribution in [0.25, 0.3) is 11.1 Å². The number of nitrogens with one attached hydrogen (secondary N) is 3. The minimum Gasteiger partial charge on any atom is -0.394 e. The Kier molecular flexibility index (Phi) is 9.47. The van der Waals surface area contributed by atoms with E-state index in [1.807, 2.05) is 0 Å². The van der Waals surface area contributed by atoms with E-state index >= 15 is 0 Å². The van der Waals surface area contributed by atoms with Gasteiger partial charge in [-0.1, -0.05) is 18.2 Å². The topological polar surface area (TPSA) is 195 Å². The molecule has 0 aliphatic heterocycles. The highest BCUT2D eigenvalue weighted by atomic mass is 31.2. The van der Waals surface area contributed by atoms with Gasteiger partial charge in [-0.05, 0) is 35.4 Å². The van der Waals surface area contributed by atoms with Crippen LogP contribution in [-0.2, 0) is 23.4 Å². The van der Waals surface area contributed by atoms with Crippen molar-refractivity contribution in [3.63, 3.8) is 0 Å². The molecule has 0 saturated heterocycles. The van der Waals surface area contributed by atoms with Gasteiger partial charge in [0.25, 0.3) is 5.91 Å². The first-order valence-corrected chi connectivity index (χ1v) is 14.3. The Morgan fingerprint density at radius 2 is 1.79 bits per heavy atom. The van der Waals surface area contributed by atoms with E-state index < -0.39 is 49.9 Å². The first kappa shape index (κ1) is 31.6. The van der Waals surface area contributed by atoms with E-state index in [1.54, 1.807) is 12.3 Å². The maximum Gasteiger partial charge on any atom is 0.421 e. The average molecular weight is 622 g/mol. The molecule has 17 heteroatoms. The van der Waals surface area contributed by atoms with E-state index in [0.717, 1.165) is 0 Å². The maximum absolute atomic E-state index is 13.9. The lowest BCUT2D eigenvalue weighted by Crippen LogP contribution is -2.20. The van der Waals surface area contributed by atoms with Crippen molar-refractivity contribution >= 4 is 36.6 Å². The third-order valence-electron chi connectivity index (χ3n) is 6.01. The molecule has 0 bridgehead atoms. The molecule has 0 radical (unpaired) electrons. The normalized spacial score (nSPS) is 12.6. The Bertz CT molecular complexity index is 1640. The lowest BCUT2D eigenvalue weighted by atomic mass is 10.0. The largest absolute Gasteiger partial charge is 0.421 e. The summed E-state index contributed by atoms with van der Waals surface area (Å²) in [7, 11) is -2.91. The molecule has 1 amide bonds. The molecule has 0 fully saturated rings. The molecule has 7 N–H and O–H groups in total. The van der Waals surface area contributed by atoms with E-state index in [9.17, 15) is 27.6 Å². The Morgan fingerprint density at radius 1 is 1.07 bits per heavy atom. The molecule has 4 aromatic rings. The number of carbonyl (C=O) groups excluding carboxylic acids is 1. The molecule has 43 heavy (non-hydrogen) atoms. The van der Waals surface area contributed by atoms with Gasteiger partial charge in [0.2, 0.25) is 5.95 Å². The summed E-state index contributed by atoms with van der Waals surface area (Å²) in [6.07, 6.45) is -2.70. The summed E-state index contributed by atoms with van der Waals surface area (Å²) in [5.74, 6) is -1.44. The van der Waals surface area contributed by atoms with Crippen molar-refractivity contribution in [2.24, 2.45) is 0 Å². The molecule has 4 rings (SSSR count). The molecule has 0 saturated carbocycles. The summed E-state index contributed by atoms with van der Waals surface area (Å²) in [6, 6.07) is 10.3. The predicted octanol–water partition coefficient (Wildman–Crippen LogP) is 3.24. The van der Waals surface area contributed by atoms with Crippen molar-refractivity contribution in [1.29, 1.82) is 0 Å². The third-order valence-corrected chi connectivity index (χ3v) is 6.79. The van der Waals surface area contributed by atoms with Gasteiger partial charge in [-0.2, -0.15) is 23.3 Å². The highest BCUT2D eigenvalue weighted by Crippen LogP contribution is 2.39. The number of hydrogen-bond donors (Lipinski definition) is 7. The quantitative estimate of drug-likeness (QED) is 0.122. The number of aliphatic hydroxyl groups is 2. The zero-order valence-corrected chi connectivity index (χ0v) is 23.3. The van der Waals surface area contributed by atoms with Gasteiger partial charge in [0.1, 0.15) is 11.4 Å². The van der Waals surface area contributed by atoms with Gasteiger partial charge in [0.15, 0.2) is 0 Å². The van der Waals surface area contributed by atoms with Crippen LogP contribution in [0.3, 0.4) is 0 Å². The van der Waals surface area contributed by atoms with Crippen LogP contribution >= 0.6 is 7.60 Å². The van der Waals surface area contributed by atoms with E-state index in [0.29, 0.717) is 28.6 Å². The van der Waals surface area contributed by atoms with Crippen LogP contribution in [0.2, 0.25) is 0 Å². The fraction of sp³-hybridized carbons (Fsp3) is 0.231. The van der Waals surface area contributed by atoms with Gasteiger partial charge in [0, 0.05) is 30.7 Å². The van der Waals surface area contributed by atoms with Gasteiger partial charge in [-0.3, -0.25) is 14.0 Å². The van der Waals surface area contributed by atoms with Crippen molar-refractivity contribution in [2.45, 2.75) is 25.0 Å². The van der Waals surface area contributed by atoms with Gasteiger partial charge in [-0.25, -0.2) is 4.98 Å². The zero-order valence-electron chi connectivity index (χ0n) is 22.4. The van der Waals surface area contributed by atoms with Crippen molar-refractivity contribution in [1.82, 2.24) is 25.1 Å². The van der Waals surface area contributed by atoms with Gasteiger partial charge in [0.05, 0.1) is 42.9 Å². The van der Waals surface area contributed by atoms with Crippen molar-refractivity contribution < 1.29 is 42.5 Å². The van der Waals surface area contributed by atoms with Gasteiger partial charge >= 0.3 is 13.8 Å². The second-order valence-corrected chi connectivity index (χ2v) is 11.0. The number of anilines is 4. The standard InChI is InChI=1S/C26H27F3N7O6P/c1-30-24(39)20-8-16(17-9-32-36(11-17)12-19(38)13-37)4-7-22(20)34-23-21(26(27,28)29)10-31-25(35-23)33-18-5-2-15(3-6-18)14-43(40,41)42/h2-11,19,37-38H,12-14H2,1H3,(H,30,39)(H2,40,41,42)(H2,31,33,34,35)/t19-/m0/s1. The molecule has 0 unspecified atom stereocenters. The highest BCUT2D eigenvalue weighted by Gasteiger charge is 2.35. The highest BCUT2D eigenvalue weighted by molar-refractivity contribution is 7.50. The first-order chi connectivity index (χ1) is 20.3. The monoisotopic (exact) mass is 621 g/mol. The molecule has 2 aromatic heterocycles. The number of aromatic nitrogens is 4. The van der Waals surface area contributed by atoms with E-state index in [4.69, 9.17) is 14.9 Å². The number of halogens is 3. The van der Waals surface area contributed by atoms with Crippen LogP contribution in [0.4, 0.5) is 36.3 Å². The average Bonchev–Trinajstić information content (AvgIpc) is 3.41. The molecular formula is C26H27F3N7O6P. The predicted molar refractivity (Wildman–Crippen MR) is 150 cm³/mol. The number of aliphatic hydroxyl groups excluding tert-OH is 2. The second-order valence-electron chi connectivity index (χ2n) is 9.35. The van der Waals surface area contributed by atoms with Crippen LogP contribution in [-0.4, -0.2) is 65.4 Å². The Hall–Kier alpha value is -4.34. The van der Waals surface area contributed by atoms with E-state index in [1.165, 1.54) is 54.3 Å². The van der Waals surface area contributed by atoms with Crippen LogP contribution in [0.15, 0.2) is 61.1 Å². The second kappa shape index (κ2) is 12.9. The smallest absolute Gasteiger partial charge is 0.394 e. The fourth-order valence-electron chi connectivity index (χ4n) is 3.97. The molecule has 1 atom stereocenters. The summed E-state index contributed by atoms with van der Waals surface area (Å²) >= 11 is 0. The molecule has 0 aliphatic carbocycles. The summed E-state index contributed by atoms with van der Waals surface area (Å²) < 4.78 is 54.3. The van der Waals surface area contributed by atoms with Crippen molar-refractivity contribution in [2.75, 3.05) is 24.3 Å².